The summed E-state index contributed by atoms with van der Waals surface area (Å²) in [6.45, 7) is 2.86. The van der Waals surface area contributed by atoms with Crippen LogP contribution in [0.4, 0.5) is 4.79 Å². The predicted molar refractivity (Wildman–Crippen MR) is 81.0 cm³/mol. The van der Waals surface area contributed by atoms with Crippen LogP contribution in [0.5, 0.6) is 0 Å². The Balaban J connectivity index is 1.59. The number of hydrogen-bond donors (Lipinski definition) is 1. The molecule has 0 unspecified atom stereocenters. The van der Waals surface area contributed by atoms with Gasteiger partial charge in [0.25, 0.3) is 5.91 Å². The van der Waals surface area contributed by atoms with Crippen LogP contribution in [-0.2, 0) is 0 Å². The third-order valence-corrected chi connectivity index (χ3v) is 4.53. The Hall–Kier alpha value is -1.63. The maximum absolute atomic E-state index is 12.4. The van der Waals surface area contributed by atoms with E-state index in [9.17, 15) is 9.59 Å². The number of amides is 3. The molecule has 0 aliphatic carbocycles. The molecule has 0 bridgehead atoms. The van der Waals surface area contributed by atoms with Gasteiger partial charge in [-0.15, -0.1) is 0 Å². The summed E-state index contributed by atoms with van der Waals surface area (Å²) in [4.78, 5) is 31.9. The molecule has 1 aromatic heterocycles. The molecule has 7 heteroatoms. The quantitative estimate of drug-likeness (QED) is 0.819. The largest absolute Gasteiger partial charge is 0.338 e. The normalized spacial score (nSPS) is 19.8. The van der Waals surface area contributed by atoms with Gasteiger partial charge in [0, 0.05) is 38.4 Å². The molecular weight excluding hydrogens is 336 g/mol. The Labute approximate surface area is 131 Å². The van der Waals surface area contributed by atoms with Crippen molar-refractivity contribution in [2.75, 3.05) is 26.2 Å². The van der Waals surface area contributed by atoms with Gasteiger partial charge in [-0.2, -0.15) is 0 Å². The van der Waals surface area contributed by atoms with Crippen LogP contribution in [0.1, 0.15) is 23.2 Å². The second kappa shape index (κ2) is 6.01. The standard InChI is InChI=1S/C14H17BrN4O2/c15-12-2-1-10(9-17-12)13(20)18-6-3-11(4-7-18)19-8-5-16-14(19)21/h1-2,9,11H,3-8H2,(H,16,21). The third kappa shape index (κ3) is 3.02. The summed E-state index contributed by atoms with van der Waals surface area (Å²) < 4.78 is 0.720. The van der Waals surface area contributed by atoms with Crippen LogP contribution in [0.25, 0.3) is 0 Å². The van der Waals surface area contributed by atoms with Gasteiger partial charge in [-0.1, -0.05) is 0 Å². The number of hydrogen-bond acceptors (Lipinski definition) is 3. The maximum Gasteiger partial charge on any atom is 0.317 e. The molecule has 2 fully saturated rings. The van der Waals surface area contributed by atoms with Crippen molar-refractivity contribution in [3.05, 3.63) is 28.5 Å². The van der Waals surface area contributed by atoms with Gasteiger partial charge >= 0.3 is 6.03 Å². The summed E-state index contributed by atoms with van der Waals surface area (Å²) in [5.41, 5.74) is 0.607. The van der Waals surface area contributed by atoms with Gasteiger partial charge in [-0.05, 0) is 40.9 Å². The minimum absolute atomic E-state index is 0.0133. The molecule has 2 saturated heterocycles. The number of pyridine rings is 1. The Morgan fingerprint density at radius 2 is 2.05 bits per heavy atom. The first kappa shape index (κ1) is 14.3. The van der Waals surface area contributed by atoms with Gasteiger partial charge in [0.2, 0.25) is 0 Å². The number of rotatable bonds is 2. The fourth-order valence-corrected chi connectivity index (χ4v) is 3.13. The molecule has 6 nitrogen and oxygen atoms in total. The number of nitrogens with one attached hydrogen (secondary N) is 1. The molecule has 3 heterocycles. The predicted octanol–water partition coefficient (Wildman–Crippen LogP) is 1.47. The third-order valence-electron chi connectivity index (χ3n) is 4.06. The fraction of sp³-hybridized carbons (Fsp3) is 0.500. The molecule has 0 spiro atoms. The lowest BCUT2D eigenvalue weighted by atomic mass is 10.0. The highest BCUT2D eigenvalue weighted by Gasteiger charge is 2.32. The Morgan fingerprint density at radius 1 is 1.29 bits per heavy atom. The smallest absolute Gasteiger partial charge is 0.317 e. The van der Waals surface area contributed by atoms with Gasteiger partial charge in [-0.25, -0.2) is 9.78 Å². The van der Waals surface area contributed by atoms with Gasteiger partial charge < -0.3 is 15.1 Å². The first-order valence-electron chi connectivity index (χ1n) is 7.10. The van der Waals surface area contributed by atoms with Crippen LogP contribution in [0, 0.1) is 0 Å². The number of piperidine rings is 1. The number of carbonyl (C=O) groups is 2. The van der Waals surface area contributed by atoms with Crippen molar-refractivity contribution in [3.63, 3.8) is 0 Å². The number of likely N-dealkylation sites (tertiary alicyclic amines) is 1. The summed E-state index contributed by atoms with van der Waals surface area (Å²) in [5, 5.41) is 2.83. The molecule has 0 saturated carbocycles. The number of carbonyl (C=O) groups excluding carboxylic acids is 2. The van der Waals surface area contributed by atoms with Gasteiger partial charge in [0.15, 0.2) is 0 Å². The van der Waals surface area contributed by atoms with E-state index in [0.29, 0.717) is 18.7 Å². The highest BCUT2D eigenvalue weighted by Crippen LogP contribution is 2.20. The molecule has 2 aliphatic rings. The average Bonchev–Trinajstić information content (AvgIpc) is 2.94. The van der Waals surface area contributed by atoms with E-state index in [2.05, 4.69) is 26.2 Å². The van der Waals surface area contributed by atoms with E-state index in [1.807, 2.05) is 9.80 Å². The molecule has 0 aromatic carbocycles. The van der Waals surface area contributed by atoms with Gasteiger partial charge in [-0.3, -0.25) is 4.79 Å². The SMILES string of the molecule is O=C(c1ccc(Br)nc1)N1CCC(N2CCNC2=O)CC1. The van der Waals surface area contributed by atoms with Crippen LogP contribution in [0.2, 0.25) is 0 Å². The second-order valence-electron chi connectivity index (χ2n) is 5.32. The Morgan fingerprint density at radius 3 is 2.62 bits per heavy atom. The number of aromatic nitrogens is 1. The number of halogens is 1. The molecule has 3 amide bonds. The van der Waals surface area contributed by atoms with Crippen molar-refractivity contribution in [2.45, 2.75) is 18.9 Å². The van der Waals surface area contributed by atoms with Crippen LogP contribution in [0.3, 0.4) is 0 Å². The molecule has 112 valence electrons. The fourth-order valence-electron chi connectivity index (χ4n) is 2.90. The van der Waals surface area contributed by atoms with Crippen molar-refractivity contribution in [2.24, 2.45) is 0 Å². The van der Waals surface area contributed by atoms with Crippen LogP contribution < -0.4 is 5.32 Å². The summed E-state index contributed by atoms with van der Waals surface area (Å²) in [7, 11) is 0. The lowest BCUT2D eigenvalue weighted by Crippen LogP contribution is -2.47. The molecule has 0 atom stereocenters. The van der Waals surface area contributed by atoms with Crippen molar-refractivity contribution in [1.82, 2.24) is 20.1 Å². The van der Waals surface area contributed by atoms with Crippen LogP contribution in [-0.4, -0.2) is 58.9 Å². The van der Waals surface area contributed by atoms with Gasteiger partial charge in [0.05, 0.1) is 5.56 Å². The van der Waals surface area contributed by atoms with Crippen molar-refractivity contribution in [3.8, 4) is 0 Å². The summed E-state index contributed by atoms with van der Waals surface area (Å²) in [6.07, 6.45) is 3.26. The van der Waals surface area contributed by atoms with E-state index >= 15 is 0 Å². The maximum atomic E-state index is 12.4. The Kier molecular flexibility index (Phi) is 4.10. The van der Waals surface area contributed by atoms with Crippen molar-refractivity contribution >= 4 is 27.9 Å². The number of urea groups is 1. The highest BCUT2D eigenvalue weighted by atomic mass is 79.9. The van der Waals surface area contributed by atoms with E-state index in [0.717, 1.165) is 30.5 Å². The Bertz CT molecular complexity index is 540. The molecule has 3 rings (SSSR count). The lowest BCUT2D eigenvalue weighted by molar-refractivity contribution is 0.0665. The van der Waals surface area contributed by atoms with Crippen LogP contribution >= 0.6 is 15.9 Å². The highest BCUT2D eigenvalue weighted by molar-refractivity contribution is 9.10. The first-order chi connectivity index (χ1) is 10.1. The summed E-state index contributed by atoms with van der Waals surface area (Å²) in [5.74, 6) is 0.0133. The topological polar surface area (TPSA) is 65.5 Å². The molecule has 1 aromatic rings. The summed E-state index contributed by atoms with van der Waals surface area (Å²) >= 11 is 3.26. The van der Waals surface area contributed by atoms with E-state index < -0.39 is 0 Å². The van der Waals surface area contributed by atoms with E-state index in [1.54, 1.807) is 18.3 Å². The monoisotopic (exact) mass is 352 g/mol. The first-order valence-corrected chi connectivity index (χ1v) is 7.90. The molecule has 21 heavy (non-hydrogen) atoms. The minimum Gasteiger partial charge on any atom is -0.338 e. The van der Waals surface area contributed by atoms with Crippen molar-refractivity contribution < 1.29 is 9.59 Å². The lowest BCUT2D eigenvalue weighted by Gasteiger charge is -2.36. The van der Waals surface area contributed by atoms with E-state index in [4.69, 9.17) is 0 Å². The zero-order valence-electron chi connectivity index (χ0n) is 11.6. The van der Waals surface area contributed by atoms with E-state index in [1.165, 1.54) is 0 Å². The molecule has 2 aliphatic heterocycles. The molecule has 0 radical (unpaired) electrons. The molecular formula is C14H17BrN4O2. The summed E-state index contributed by atoms with van der Waals surface area (Å²) in [6, 6.07) is 3.82. The zero-order valence-corrected chi connectivity index (χ0v) is 13.2. The number of nitrogens with zero attached hydrogens (tertiary/aromatic N) is 3. The van der Waals surface area contributed by atoms with Crippen molar-refractivity contribution in [1.29, 1.82) is 0 Å². The second-order valence-corrected chi connectivity index (χ2v) is 6.13. The van der Waals surface area contributed by atoms with E-state index in [-0.39, 0.29) is 18.0 Å². The molecule has 1 N–H and O–H groups in total. The van der Waals surface area contributed by atoms with Crippen LogP contribution in [0.15, 0.2) is 22.9 Å². The van der Waals surface area contributed by atoms with Gasteiger partial charge in [0.1, 0.15) is 4.60 Å². The zero-order chi connectivity index (χ0) is 14.8. The minimum atomic E-state index is 0.0133. The average molecular weight is 353 g/mol.